The van der Waals surface area contributed by atoms with Gasteiger partial charge in [-0.25, -0.2) is 4.79 Å². The predicted octanol–water partition coefficient (Wildman–Crippen LogP) is 2.70. The average Bonchev–Trinajstić information content (AvgIpc) is 3.34. The molecular formula is C21H23N3O3. The van der Waals surface area contributed by atoms with Crippen molar-refractivity contribution in [1.29, 1.82) is 0 Å². The largest absolute Gasteiger partial charge is 0.422 e. The number of rotatable bonds is 5. The molecule has 3 aromatic rings. The van der Waals surface area contributed by atoms with Gasteiger partial charge in [-0.1, -0.05) is 18.2 Å². The molecule has 1 aromatic carbocycles. The topological polar surface area (TPSA) is 67.5 Å². The van der Waals surface area contributed by atoms with E-state index in [-0.39, 0.29) is 11.6 Å². The summed E-state index contributed by atoms with van der Waals surface area (Å²) in [6, 6.07) is 13.0. The molecule has 4 rings (SSSR count). The second kappa shape index (κ2) is 7.40. The molecule has 3 heterocycles. The third kappa shape index (κ3) is 3.53. The Balaban J connectivity index is 1.55. The predicted molar refractivity (Wildman–Crippen MR) is 104 cm³/mol. The van der Waals surface area contributed by atoms with Crippen molar-refractivity contribution in [2.45, 2.75) is 18.9 Å². The summed E-state index contributed by atoms with van der Waals surface area (Å²) < 4.78 is 7.36. The number of nitrogens with zero attached hydrogens (tertiary/aromatic N) is 2. The summed E-state index contributed by atoms with van der Waals surface area (Å²) in [6.07, 6.45) is 4.35. The average molecular weight is 365 g/mol. The van der Waals surface area contributed by atoms with Crippen molar-refractivity contribution < 1.29 is 9.21 Å². The quantitative estimate of drug-likeness (QED) is 0.706. The number of hydrogen-bond donors (Lipinski definition) is 1. The Morgan fingerprint density at radius 1 is 1.19 bits per heavy atom. The van der Waals surface area contributed by atoms with Crippen LogP contribution in [0.1, 0.15) is 34.9 Å². The molecule has 1 atom stereocenters. The van der Waals surface area contributed by atoms with Gasteiger partial charge in [0.05, 0.1) is 6.04 Å². The number of amides is 1. The zero-order chi connectivity index (χ0) is 18.8. The van der Waals surface area contributed by atoms with E-state index >= 15 is 0 Å². The lowest BCUT2D eigenvalue weighted by molar-refractivity contribution is 0.0933. The summed E-state index contributed by atoms with van der Waals surface area (Å²) >= 11 is 0. The minimum absolute atomic E-state index is 0.0424. The molecule has 0 spiro atoms. The van der Waals surface area contributed by atoms with Crippen LogP contribution in [-0.2, 0) is 7.05 Å². The molecule has 1 N–H and O–H groups in total. The van der Waals surface area contributed by atoms with Gasteiger partial charge in [0.15, 0.2) is 0 Å². The van der Waals surface area contributed by atoms with Crippen LogP contribution >= 0.6 is 0 Å². The maximum atomic E-state index is 12.7. The summed E-state index contributed by atoms with van der Waals surface area (Å²) in [5.74, 6) is -0.395. The van der Waals surface area contributed by atoms with Crippen LogP contribution in [0.15, 0.2) is 57.9 Å². The second-order valence-electron chi connectivity index (χ2n) is 7.00. The van der Waals surface area contributed by atoms with Crippen molar-refractivity contribution in [3.8, 4) is 0 Å². The fraction of sp³-hybridized carbons (Fsp3) is 0.333. The maximum absolute atomic E-state index is 12.7. The van der Waals surface area contributed by atoms with Gasteiger partial charge < -0.3 is 14.3 Å². The van der Waals surface area contributed by atoms with Gasteiger partial charge in [0.1, 0.15) is 11.1 Å². The van der Waals surface area contributed by atoms with E-state index in [0.717, 1.165) is 24.2 Å². The standard InChI is InChI=1S/C21H23N3O3/c1-23-10-6-8-17(23)18(24-11-4-5-12-24)14-22-20(25)16-13-15-7-2-3-9-19(15)27-21(16)26/h2-3,6-10,13,18H,4-5,11-12,14H2,1H3,(H,22,25)/t18-/m1/s1. The molecule has 0 saturated carbocycles. The van der Waals surface area contributed by atoms with E-state index in [1.165, 1.54) is 12.8 Å². The summed E-state index contributed by atoms with van der Waals surface area (Å²) in [6.45, 7) is 2.48. The highest BCUT2D eigenvalue weighted by atomic mass is 16.4. The summed E-state index contributed by atoms with van der Waals surface area (Å²) in [5, 5.41) is 3.68. The number of carbonyl (C=O) groups excluding carboxylic acids is 1. The second-order valence-corrected chi connectivity index (χ2v) is 7.00. The molecule has 1 aliphatic rings. The number of benzene rings is 1. The van der Waals surface area contributed by atoms with Gasteiger partial charge >= 0.3 is 5.63 Å². The highest BCUT2D eigenvalue weighted by Gasteiger charge is 2.26. The normalized spacial score (nSPS) is 15.9. The van der Waals surface area contributed by atoms with Gasteiger partial charge in [-0.05, 0) is 50.2 Å². The van der Waals surface area contributed by atoms with Crippen LogP contribution < -0.4 is 10.9 Å². The smallest absolute Gasteiger partial charge is 0.349 e. The minimum atomic E-state index is -0.609. The molecule has 6 nitrogen and oxygen atoms in total. The van der Waals surface area contributed by atoms with E-state index in [2.05, 4.69) is 20.9 Å². The van der Waals surface area contributed by atoms with Crippen LogP contribution in [0.25, 0.3) is 11.0 Å². The van der Waals surface area contributed by atoms with Crippen LogP contribution in [-0.4, -0.2) is 35.0 Å². The number of carbonyl (C=O) groups is 1. The Labute approximate surface area is 157 Å². The number of aromatic nitrogens is 1. The van der Waals surface area contributed by atoms with Gasteiger partial charge in [0.2, 0.25) is 0 Å². The lowest BCUT2D eigenvalue weighted by Gasteiger charge is -2.28. The van der Waals surface area contributed by atoms with Gasteiger partial charge in [-0.15, -0.1) is 0 Å². The van der Waals surface area contributed by atoms with E-state index in [0.29, 0.717) is 12.1 Å². The van der Waals surface area contributed by atoms with E-state index in [4.69, 9.17) is 4.42 Å². The van der Waals surface area contributed by atoms with Gasteiger partial charge in [-0.2, -0.15) is 0 Å². The molecule has 2 aromatic heterocycles. The van der Waals surface area contributed by atoms with Gasteiger partial charge in [0.25, 0.3) is 5.91 Å². The molecular weight excluding hydrogens is 342 g/mol. The lowest BCUT2D eigenvalue weighted by atomic mass is 10.1. The van der Waals surface area contributed by atoms with E-state index in [1.807, 2.05) is 31.4 Å². The maximum Gasteiger partial charge on any atom is 0.349 e. The summed E-state index contributed by atoms with van der Waals surface area (Å²) in [4.78, 5) is 27.3. The molecule has 1 saturated heterocycles. The van der Waals surface area contributed by atoms with E-state index < -0.39 is 11.5 Å². The molecule has 1 fully saturated rings. The number of para-hydroxylation sites is 1. The highest BCUT2D eigenvalue weighted by Crippen LogP contribution is 2.24. The Morgan fingerprint density at radius 3 is 2.70 bits per heavy atom. The van der Waals surface area contributed by atoms with Crippen molar-refractivity contribution in [3.05, 3.63) is 70.3 Å². The van der Waals surface area contributed by atoms with Crippen LogP contribution in [0.3, 0.4) is 0 Å². The molecule has 0 aliphatic carbocycles. The minimum Gasteiger partial charge on any atom is -0.422 e. The van der Waals surface area contributed by atoms with E-state index in [1.54, 1.807) is 18.2 Å². The fourth-order valence-corrected chi connectivity index (χ4v) is 3.80. The SMILES string of the molecule is Cn1cccc1[C@@H](CNC(=O)c1cc2ccccc2oc1=O)N1CCCC1. The van der Waals surface area contributed by atoms with Crippen molar-refractivity contribution in [2.24, 2.45) is 7.05 Å². The molecule has 6 heteroatoms. The molecule has 0 unspecified atom stereocenters. The number of nitrogens with one attached hydrogen (secondary N) is 1. The third-order valence-electron chi connectivity index (χ3n) is 5.25. The first-order valence-electron chi connectivity index (χ1n) is 9.30. The first-order valence-corrected chi connectivity index (χ1v) is 9.30. The van der Waals surface area contributed by atoms with Crippen molar-refractivity contribution in [1.82, 2.24) is 14.8 Å². The number of aryl methyl sites for hydroxylation is 1. The number of fused-ring (bicyclic) bond motifs is 1. The van der Waals surface area contributed by atoms with Crippen LogP contribution in [0.2, 0.25) is 0 Å². The number of hydrogen-bond acceptors (Lipinski definition) is 4. The zero-order valence-electron chi connectivity index (χ0n) is 15.4. The Morgan fingerprint density at radius 2 is 1.96 bits per heavy atom. The first-order chi connectivity index (χ1) is 13.1. The monoisotopic (exact) mass is 365 g/mol. The molecule has 1 aliphatic heterocycles. The fourth-order valence-electron chi connectivity index (χ4n) is 3.80. The number of likely N-dealkylation sites (tertiary alicyclic amines) is 1. The molecule has 27 heavy (non-hydrogen) atoms. The van der Waals surface area contributed by atoms with Crippen LogP contribution in [0.5, 0.6) is 0 Å². The van der Waals surface area contributed by atoms with Crippen molar-refractivity contribution >= 4 is 16.9 Å². The molecule has 0 bridgehead atoms. The molecule has 140 valence electrons. The van der Waals surface area contributed by atoms with Crippen molar-refractivity contribution in [3.63, 3.8) is 0 Å². The highest BCUT2D eigenvalue weighted by molar-refractivity contribution is 5.96. The molecule has 0 radical (unpaired) electrons. The zero-order valence-corrected chi connectivity index (χ0v) is 15.4. The Kier molecular flexibility index (Phi) is 4.81. The van der Waals surface area contributed by atoms with Gasteiger partial charge in [-0.3, -0.25) is 9.69 Å². The first kappa shape index (κ1) is 17.5. The third-order valence-corrected chi connectivity index (χ3v) is 5.25. The summed E-state index contributed by atoms with van der Waals surface area (Å²) in [7, 11) is 2.01. The van der Waals surface area contributed by atoms with E-state index in [9.17, 15) is 9.59 Å². The van der Waals surface area contributed by atoms with Gasteiger partial charge in [0, 0.05) is 30.9 Å². The molecule has 1 amide bonds. The summed E-state index contributed by atoms with van der Waals surface area (Å²) in [5.41, 5.74) is 1.07. The van der Waals surface area contributed by atoms with Crippen molar-refractivity contribution in [2.75, 3.05) is 19.6 Å². The van der Waals surface area contributed by atoms with Crippen LogP contribution in [0, 0.1) is 0 Å². The van der Waals surface area contributed by atoms with Crippen LogP contribution in [0.4, 0.5) is 0 Å². The lowest BCUT2D eigenvalue weighted by Crippen LogP contribution is -2.38. The Bertz CT molecular complexity index is 1010. The Hall–Kier alpha value is -2.86.